The van der Waals surface area contributed by atoms with Crippen LogP contribution >= 0.6 is 0 Å². The van der Waals surface area contributed by atoms with Gasteiger partial charge in [-0.1, -0.05) is 0 Å². The summed E-state index contributed by atoms with van der Waals surface area (Å²) in [6.07, 6.45) is -3.93. The fourth-order valence-corrected chi connectivity index (χ4v) is 3.82. The summed E-state index contributed by atoms with van der Waals surface area (Å²) in [4.78, 5) is 35.8. The fraction of sp³-hybridized carbons (Fsp3) is 0.476. The molecule has 2 aromatic rings. The van der Waals surface area contributed by atoms with Gasteiger partial charge < -0.3 is 32.8 Å². The van der Waals surface area contributed by atoms with Crippen LogP contribution in [0.1, 0.15) is 31.1 Å². The molecule has 0 N–H and O–H groups in total. The van der Waals surface area contributed by atoms with E-state index >= 15 is 0 Å². The topological polar surface area (TPSA) is 120 Å². The van der Waals surface area contributed by atoms with Gasteiger partial charge in [0.05, 0.1) is 12.2 Å². The molecule has 166 valence electrons. The van der Waals surface area contributed by atoms with Gasteiger partial charge in [-0.2, -0.15) is 0 Å². The molecule has 4 atom stereocenters. The predicted molar refractivity (Wildman–Crippen MR) is 104 cm³/mol. The van der Waals surface area contributed by atoms with Gasteiger partial charge in [-0.25, -0.2) is 14.4 Å². The minimum absolute atomic E-state index is 0.140. The molecule has 0 radical (unpaired) electrons. The van der Waals surface area contributed by atoms with E-state index in [2.05, 4.69) is 0 Å². The molecule has 10 heteroatoms. The molecule has 2 aliphatic heterocycles. The van der Waals surface area contributed by atoms with Crippen LogP contribution in [0.15, 0.2) is 33.5 Å². The van der Waals surface area contributed by atoms with Crippen LogP contribution in [-0.2, 0) is 23.7 Å². The number of carbonyl (C=O) groups is 2. The Kier molecular flexibility index (Phi) is 5.36. The summed E-state index contributed by atoms with van der Waals surface area (Å²) in [5.74, 6) is -0.448. The molecule has 1 aromatic carbocycles. The van der Waals surface area contributed by atoms with Gasteiger partial charge in [0, 0.05) is 18.6 Å². The Morgan fingerprint density at radius 2 is 1.87 bits per heavy atom. The lowest BCUT2D eigenvalue weighted by Gasteiger charge is -2.45. The summed E-state index contributed by atoms with van der Waals surface area (Å²) in [7, 11) is 1.50. The summed E-state index contributed by atoms with van der Waals surface area (Å²) in [6.45, 7) is 5.36. The molecule has 0 aliphatic carbocycles. The second-order valence-corrected chi connectivity index (χ2v) is 7.65. The van der Waals surface area contributed by atoms with Crippen molar-refractivity contribution in [1.29, 1.82) is 0 Å². The van der Waals surface area contributed by atoms with Crippen LogP contribution in [0.2, 0.25) is 0 Å². The zero-order valence-electron chi connectivity index (χ0n) is 17.4. The van der Waals surface area contributed by atoms with Crippen molar-refractivity contribution in [3.05, 3.63) is 40.2 Å². The van der Waals surface area contributed by atoms with Gasteiger partial charge in [0.2, 0.25) is 12.4 Å². The highest BCUT2D eigenvalue weighted by Gasteiger charge is 2.58. The molecule has 0 spiro atoms. The van der Waals surface area contributed by atoms with E-state index in [1.54, 1.807) is 32.9 Å². The average molecular weight is 434 g/mol. The zero-order valence-corrected chi connectivity index (χ0v) is 17.4. The van der Waals surface area contributed by atoms with Gasteiger partial charge in [-0.3, -0.25) is 0 Å². The first-order valence-corrected chi connectivity index (χ1v) is 9.73. The monoisotopic (exact) mass is 434 g/mol. The normalized spacial score (nSPS) is 26.6. The quantitative estimate of drug-likeness (QED) is 0.512. The number of fused-ring (bicyclic) bond motifs is 2. The maximum atomic E-state index is 12.2. The molecule has 2 saturated heterocycles. The highest BCUT2D eigenvalue weighted by Crippen LogP contribution is 2.38. The summed E-state index contributed by atoms with van der Waals surface area (Å²) in [5, 5.41) is 0.507. The van der Waals surface area contributed by atoms with E-state index < -0.39 is 48.0 Å². The Balaban J connectivity index is 1.62. The lowest BCUT2D eigenvalue weighted by Crippen LogP contribution is -2.62. The fourth-order valence-electron chi connectivity index (χ4n) is 3.82. The first kappa shape index (κ1) is 21.1. The Morgan fingerprint density at radius 3 is 2.58 bits per heavy atom. The third-order valence-corrected chi connectivity index (χ3v) is 5.17. The Morgan fingerprint density at radius 1 is 1.13 bits per heavy atom. The summed E-state index contributed by atoms with van der Waals surface area (Å²) < 4.78 is 38.0. The molecule has 3 heterocycles. The van der Waals surface area contributed by atoms with Crippen LogP contribution in [0.25, 0.3) is 11.0 Å². The van der Waals surface area contributed by atoms with Crippen molar-refractivity contribution in [2.45, 2.75) is 51.0 Å². The number of ether oxygens (including phenoxy) is 6. The van der Waals surface area contributed by atoms with Crippen molar-refractivity contribution in [3.8, 4) is 5.75 Å². The molecule has 1 aromatic heterocycles. The summed E-state index contributed by atoms with van der Waals surface area (Å²) in [5.41, 5.74) is -1.65. The first-order chi connectivity index (χ1) is 14.7. The van der Waals surface area contributed by atoms with Gasteiger partial charge in [0.25, 0.3) is 0 Å². The van der Waals surface area contributed by atoms with Crippen molar-refractivity contribution < 1.29 is 42.4 Å². The number of esters is 1. The average Bonchev–Trinajstić information content (AvgIpc) is 3.08. The Bertz CT molecular complexity index is 1070. The molecule has 1 unspecified atom stereocenters. The lowest BCUT2D eigenvalue weighted by molar-refractivity contribution is -0.282. The maximum Gasteiger partial charge on any atom is 0.509 e. The van der Waals surface area contributed by atoms with E-state index in [0.29, 0.717) is 11.1 Å². The number of benzene rings is 1. The molecule has 0 saturated carbocycles. The smallest absolute Gasteiger partial charge is 0.462 e. The van der Waals surface area contributed by atoms with Crippen LogP contribution in [0.3, 0.4) is 0 Å². The van der Waals surface area contributed by atoms with Crippen LogP contribution in [0.4, 0.5) is 4.79 Å². The third kappa shape index (κ3) is 3.84. The summed E-state index contributed by atoms with van der Waals surface area (Å²) >= 11 is 0. The first-order valence-electron chi connectivity index (χ1n) is 9.73. The molecular weight excluding hydrogens is 412 g/mol. The van der Waals surface area contributed by atoms with Crippen molar-refractivity contribution in [2.75, 3.05) is 13.7 Å². The van der Waals surface area contributed by atoms with E-state index in [-0.39, 0.29) is 17.8 Å². The maximum absolute atomic E-state index is 12.2. The molecule has 4 rings (SSSR count). The molecule has 0 bridgehead atoms. The van der Waals surface area contributed by atoms with Crippen LogP contribution in [0.5, 0.6) is 5.75 Å². The standard InChI is InChI=1S/C21H22O10/c1-5-26-17(22)12-8-10-6-7-11(9-13(10)28-18(12)23)27-19-15-14(29-20(24)30-15)16(25-4)21(2,3)31-19/h6-9,14-16,19H,5H2,1-4H3/t14-,15-,16+,19?/m0/s1. The van der Waals surface area contributed by atoms with E-state index in [1.165, 1.54) is 19.2 Å². The van der Waals surface area contributed by atoms with Crippen molar-refractivity contribution in [3.63, 3.8) is 0 Å². The third-order valence-electron chi connectivity index (χ3n) is 5.17. The number of methoxy groups -OCH3 is 1. The van der Waals surface area contributed by atoms with E-state index in [0.717, 1.165) is 0 Å². The lowest BCUT2D eigenvalue weighted by atomic mass is 9.89. The Hall–Kier alpha value is -3.11. The van der Waals surface area contributed by atoms with Crippen LogP contribution in [0, 0.1) is 0 Å². The Labute approximate surface area is 176 Å². The SMILES string of the molecule is CCOC(=O)c1cc2ccc(OC3OC(C)(C)[C@H](OC)[C@H]4OC(=O)O[C@H]34)cc2oc1=O. The van der Waals surface area contributed by atoms with Crippen molar-refractivity contribution >= 4 is 23.1 Å². The predicted octanol–water partition coefficient (Wildman–Crippen LogP) is 2.40. The zero-order chi connectivity index (χ0) is 22.3. The number of carbonyl (C=O) groups excluding carboxylic acids is 2. The minimum atomic E-state index is -0.985. The number of hydrogen-bond acceptors (Lipinski definition) is 10. The molecular formula is C21H22O10. The largest absolute Gasteiger partial charge is 0.509 e. The molecule has 31 heavy (non-hydrogen) atoms. The van der Waals surface area contributed by atoms with Crippen molar-refractivity contribution in [1.82, 2.24) is 0 Å². The molecule has 0 amide bonds. The van der Waals surface area contributed by atoms with Gasteiger partial charge >= 0.3 is 17.8 Å². The van der Waals surface area contributed by atoms with Crippen LogP contribution < -0.4 is 10.4 Å². The van der Waals surface area contributed by atoms with Gasteiger partial charge in [0.15, 0.2) is 6.10 Å². The van der Waals surface area contributed by atoms with Crippen LogP contribution in [-0.4, -0.2) is 56.0 Å². The minimum Gasteiger partial charge on any atom is -0.462 e. The second kappa shape index (κ2) is 7.86. The second-order valence-electron chi connectivity index (χ2n) is 7.65. The van der Waals surface area contributed by atoms with Gasteiger partial charge in [-0.15, -0.1) is 0 Å². The van der Waals surface area contributed by atoms with E-state index in [9.17, 15) is 14.4 Å². The number of rotatable bonds is 5. The molecule has 2 aliphatic rings. The van der Waals surface area contributed by atoms with Gasteiger partial charge in [-0.05, 0) is 39.0 Å². The number of hydrogen-bond donors (Lipinski definition) is 0. The summed E-state index contributed by atoms with van der Waals surface area (Å²) in [6, 6.07) is 6.12. The van der Waals surface area contributed by atoms with Gasteiger partial charge in [0.1, 0.15) is 23.0 Å². The van der Waals surface area contributed by atoms with E-state index in [4.69, 9.17) is 32.8 Å². The molecule has 10 nitrogen and oxygen atoms in total. The van der Waals surface area contributed by atoms with E-state index in [1.807, 2.05) is 0 Å². The molecule has 2 fully saturated rings. The highest BCUT2D eigenvalue weighted by atomic mass is 16.8. The highest BCUT2D eigenvalue weighted by molar-refractivity contribution is 5.93. The van der Waals surface area contributed by atoms with Crippen molar-refractivity contribution in [2.24, 2.45) is 0 Å².